The Bertz CT molecular complexity index is 1020. The second kappa shape index (κ2) is 9.13. The van der Waals surface area contributed by atoms with Crippen LogP contribution in [0.4, 0.5) is 36.3 Å². The first-order chi connectivity index (χ1) is 14.9. The van der Waals surface area contributed by atoms with Crippen molar-refractivity contribution in [2.75, 3.05) is 10.6 Å². The average Bonchev–Trinajstić information content (AvgIpc) is 3.24. The van der Waals surface area contributed by atoms with Crippen molar-refractivity contribution in [3.05, 3.63) is 64.8 Å². The quantitative estimate of drug-likeness (QED) is 0.385. The smallest absolute Gasteiger partial charge is 0.421 e. The number of ether oxygens (including phenoxy) is 1. The van der Waals surface area contributed by atoms with Gasteiger partial charge in [-0.25, -0.2) is 4.98 Å². The lowest BCUT2D eigenvalue weighted by Crippen LogP contribution is -2.12. The molecular weight excluding hydrogens is 473 g/mol. The summed E-state index contributed by atoms with van der Waals surface area (Å²) in [5, 5.41) is 5.68. The number of halogens is 4. The molecule has 1 aliphatic rings. The minimum absolute atomic E-state index is 0.0528. The minimum Gasteiger partial charge on any atom is -0.490 e. The lowest BCUT2D eigenvalue weighted by Gasteiger charge is -2.15. The number of hydrogen-bond donors (Lipinski definition) is 2. The number of hydrogen-bond acceptors (Lipinski definition) is 5. The SMILES string of the molecule is FC(F)(F)c1cnc(Nc2ccc(OC3CCCC3)cc2)nc1Nc1ccc(Br)cc1. The summed E-state index contributed by atoms with van der Waals surface area (Å²) < 4.78 is 47.0. The van der Waals surface area contributed by atoms with Crippen molar-refractivity contribution < 1.29 is 17.9 Å². The number of aromatic nitrogens is 2. The van der Waals surface area contributed by atoms with Crippen molar-refractivity contribution in [2.24, 2.45) is 0 Å². The maximum absolute atomic E-state index is 13.4. The Hall–Kier alpha value is -2.81. The summed E-state index contributed by atoms with van der Waals surface area (Å²) in [6.07, 6.45) is 0.938. The number of benzene rings is 2. The molecule has 0 aliphatic heterocycles. The molecule has 9 heteroatoms. The Kier molecular flexibility index (Phi) is 6.31. The number of nitrogens with one attached hydrogen (secondary N) is 2. The monoisotopic (exact) mass is 492 g/mol. The number of rotatable bonds is 6. The van der Waals surface area contributed by atoms with Gasteiger partial charge in [-0.05, 0) is 74.2 Å². The van der Waals surface area contributed by atoms with Crippen LogP contribution in [-0.4, -0.2) is 16.1 Å². The maximum atomic E-state index is 13.4. The molecule has 1 aromatic heterocycles. The highest BCUT2D eigenvalue weighted by atomic mass is 79.9. The van der Waals surface area contributed by atoms with Gasteiger partial charge in [0.15, 0.2) is 0 Å². The molecule has 1 aliphatic carbocycles. The van der Waals surface area contributed by atoms with E-state index in [4.69, 9.17) is 4.74 Å². The van der Waals surface area contributed by atoms with Crippen LogP contribution in [0.2, 0.25) is 0 Å². The maximum Gasteiger partial charge on any atom is 0.421 e. The molecular formula is C22H20BrF3N4O. The summed E-state index contributed by atoms with van der Waals surface area (Å²) in [6.45, 7) is 0. The van der Waals surface area contributed by atoms with E-state index in [1.54, 1.807) is 36.4 Å². The highest BCUT2D eigenvalue weighted by molar-refractivity contribution is 9.10. The molecule has 3 aromatic rings. The molecule has 2 N–H and O–H groups in total. The zero-order valence-corrected chi connectivity index (χ0v) is 18.0. The van der Waals surface area contributed by atoms with E-state index < -0.39 is 11.7 Å². The van der Waals surface area contributed by atoms with E-state index in [1.807, 2.05) is 12.1 Å². The second-order valence-electron chi connectivity index (χ2n) is 7.26. The molecule has 0 bridgehead atoms. The lowest BCUT2D eigenvalue weighted by molar-refractivity contribution is -0.137. The van der Waals surface area contributed by atoms with Gasteiger partial charge in [-0.3, -0.25) is 0 Å². The molecule has 0 amide bonds. The van der Waals surface area contributed by atoms with Crippen molar-refractivity contribution in [2.45, 2.75) is 38.0 Å². The molecule has 4 rings (SSSR count). The van der Waals surface area contributed by atoms with Crippen LogP contribution < -0.4 is 15.4 Å². The Balaban J connectivity index is 1.52. The third-order valence-electron chi connectivity index (χ3n) is 4.92. The first-order valence-corrected chi connectivity index (χ1v) is 10.7. The fourth-order valence-electron chi connectivity index (χ4n) is 3.36. The second-order valence-corrected chi connectivity index (χ2v) is 8.17. The molecule has 0 radical (unpaired) electrons. The molecule has 1 heterocycles. The summed E-state index contributed by atoms with van der Waals surface area (Å²) in [7, 11) is 0. The average molecular weight is 493 g/mol. The molecule has 0 atom stereocenters. The van der Waals surface area contributed by atoms with E-state index >= 15 is 0 Å². The molecule has 1 fully saturated rings. The van der Waals surface area contributed by atoms with E-state index in [0.29, 0.717) is 11.4 Å². The first-order valence-electron chi connectivity index (χ1n) is 9.87. The highest BCUT2D eigenvalue weighted by Gasteiger charge is 2.35. The van der Waals surface area contributed by atoms with Crippen molar-refractivity contribution in [1.29, 1.82) is 0 Å². The van der Waals surface area contributed by atoms with Crippen molar-refractivity contribution in [1.82, 2.24) is 9.97 Å². The van der Waals surface area contributed by atoms with E-state index in [1.165, 1.54) is 12.8 Å². The molecule has 2 aromatic carbocycles. The van der Waals surface area contributed by atoms with Gasteiger partial charge in [-0.1, -0.05) is 15.9 Å². The fourth-order valence-corrected chi connectivity index (χ4v) is 3.62. The third kappa shape index (κ3) is 5.66. The normalized spacial score (nSPS) is 14.5. The summed E-state index contributed by atoms with van der Waals surface area (Å²) in [6, 6.07) is 14.0. The van der Waals surface area contributed by atoms with Crippen LogP contribution in [0.1, 0.15) is 31.2 Å². The molecule has 0 saturated heterocycles. The topological polar surface area (TPSA) is 59.1 Å². The van der Waals surface area contributed by atoms with Crippen LogP contribution in [0.25, 0.3) is 0 Å². The number of anilines is 4. The highest BCUT2D eigenvalue weighted by Crippen LogP contribution is 2.35. The van der Waals surface area contributed by atoms with Gasteiger partial charge in [0, 0.05) is 22.0 Å². The largest absolute Gasteiger partial charge is 0.490 e. The minimum atomic E-state index is -4.59. The van der Waals surface area contributed by atoms with E-state index in [-0.39, 0.29) is 17.9 Å². The van der Waals surface area contributed by atoms with Gasteiger partial charge in [0.25, 0.3) is 0 Å². The Morgan fingerprint density at radius 1 is 0.903 bits per heavy atom. The van der Waals surface area contributed by atoms with E-state index in [0.717, 1.165) is 29.3 Å². The van der Waals surface area contributed by atoms with Crippen LogP contribution >= 0.6 is 15.9 Å². The summed E-state index contributed by atoms with van der Waals surface area (Å²) in [5.74, 6) is 0.494. The molecule has 5 nitrogen and oxygen atoms in total. The predicted molar refractivity (Wildman–Crippen MR) is 117 cm³/mol. The van der Waals surface area contributed by atoms with Gasteiger partial charge >= 0.3 is 6.18 Å². The fraction of sp³-hybridized carbons (Fsp3) is 0.273. The molecule has 1 saturated carbocycles. The van der Waals surface area contributed by atoms with Gasteiger partial charge in [-0.2, -0.15) is 18.2 Å². The summed E-state index contributed by atoms with van der Waals surface area (Å²) in [5.41, 5.74) is 0.182. The Labute approximate surface area is 186 Å². The third-order valence-corrected chi connectivity index (χ3v) is 5.45. The standard InChI is InChI=1S/C22H20BrF3N4O/c23-14-5-7-15(8-6-14)28-20-19(22(24,25)26)13-27-21(30-20)29-16-9-11-18(12-10-16)31-17-3-1-2-4-17/h5-13,17H,1-4H2,(H2,27,28,29,30). The summed E-state index contributed by atoms with van der Waals surface area (Å²) in [4.78, 5) is 7.90. The van der Waals surface area contributed by atoms with Crippen LogP contribution in [0, 0.1) is 0 Å². The van der Waals surface area contributed by atoms with Crippen molar-refractivity contribution in [3.63, 3.8) is 0 Å². The van der Waals surface area contributed by atoms with Crippen LogP contribution in [0.15, 0.2) is 59.2 Å². The van der Waals surface area contributed by atoms with Gasteiger partial charge in [0.05, 0.1) is 6.10 Å². The lowest BCUT2D eigenvalue weighted by atomic mass is 10.2. The molecule has 0 spiro atoms. The first kappa shape index (κ1) is 21.4. The Morgan fingerprint density at radius 3 is 2.16 bits per heavy atom. The predicted octanol–water partition coefficient (Wildman–Crippen LogP) is 7.07. The van der Waals surface area contributed by atoms with Gasteiger partial charge in [-0.15, -0.1) is 0 Å². The van der Waals surface area contributed by atoms with Crippen LogP contribution in [0.3, 0.4) is 0 Å². The number of alkyl halides is 3. The van der Waals surface area contributed by atoms with Crippen molar-refractivity contribution >= 4 is 39.1 Å². The molecule has 0 unspecified atom stereocenters. The van der Waals surface area contributed by atoms with Gasteiger partial charge in [0.1, 0.15) is 17.1 Å². The van der Waals surface area contributed by atoms with Crippen molar-refractivity contribution in [3.8, 4) is 5.75 Å². The van der Waals surface area contributed by atoms with E-state index in [2.05, 4.69) is 36.5 Å². The van der Waals surface area contributed by atoms with Crippen LogP contribution in [-0.2, 0) is 6.18 Å². The number of nitrogens with zero attached hydrogens (tertiary/aromatic N) is 2. The zero-order valence-electron chi connectivity index (χ0n) is 16.4. The van der Waals surface area contributed by atoms with Gasteiger partial charge < -0.3 is 15.4 Å². The zero-order chi connectivity index (χ0) is 21.8. The molecule has 162 valence electrons. The van der Waals surface area contributed by atoms with E-state index in [9.17, 15) is 13.2 Å². The molecule has 31 heavy (non-hydrogen) atoms. The Morgan fingerprint density at radius 2 is 1.52 bits per heavy atom. The summed E-state index contributed by atoms with van der Waals surface area (Å²) >= 11 is 3.30. The van der Waals surface area contributed by atoms with Gasteiger partial charge in [0.2, 0.25) is 5.95 Å². The van der Waals surface area contributed by atoms with Crippen LogP contribution in [0.5, 0.6) is 5.75 Å².